The molecule has 17 heavy (non-hydrogen) atoms. The molecule has 0 aliphatic rings. The smallest absolute Gasteiger partial charge is 0.137 e. The fourth-order valence-electron chi connectivity index (χ4n) is 1.89. The second-order valence-electron chi connectivity index (χ2n) is 3.83. The average Bonchev–Trinajstić information content (AvgIpc) is 2.94. The zero-order valence-electron chi connectivity index (χ0n) is 9.11. The van der Waals surface area contributed by atoms with E-state index < -0.39 is 0 Å². The number of fused-ring (bicyclic) bond motifs is 1. The van der Waals surface area contributed by atoms with E-state index in [2.05, 4.69) is 11.1 Å². The Hall–Kier alpha value is -2.54. The topological polar surface area (TPSA) is 46.0 Å². The van der Waals surface area contributed by atoms with Crippen molar-refractivity contribution in [2.45, 2.75) is 6.54 Å². The summed E-state index contributed by atoms with van der Waals surface area (Å²) in [5.74, 6) is 0. The minimum Gasteiger partial charge on any atom is -0.333 e. The third kappa shape index (κ3) is 1.68. The first kappa shape index (κ1) is 9.67. The normalized spacial score (nSPS) is 10.5. The standard InChI is InChI=1S/C13H10N4/c14-8-12-4-3-7-16(12)9-11-10-17-6-2-1-5-13(17)15-11/h1-7,10H,9H2. The fraction of sp³-hybridized carbons (Fsp3) is 0.0769. The van der Waals surface area contributed by atoms with Gasteiger partial charge in [0.15, 0.2) is 0 Å². The van der Waals surface area contributed by atoms with Crippen LogP contribution in [0.25, 0.3) is 5.65 Å². The van der Waals surface area contributed by atoms with E-state index in [0.717, 1.165) is 11.3 Å². The Morgan fingerprint density at radius 2 is 2.12 bits per heavy atom. The summed E-state index contributed by atoms with van der Waals surface area (Å²) in [7, 11) is 0. The molecule has 0 N–H and O–H groups in total. The van der Waals surface area contributed by atoms with Gasteiger partial charge in [-0.15, -0.1) is 0 Å². The highest BCUT2D eigenvalue weighted by Crippen LogP contribution is 2.08. The summed E-state index contributed by atoms with van der Waals surface area (Å²) >= 11 is 0. The highest BCUT2D eigenvalue weighted by molar-refractivity contribution is 5.39. The maximum atomic E-state index is 8.93. The molecular formula is C13H10N4. The Morgan fingerprint density at radius 1 is 1.18 bits per heavy atom. The van der Waals surface area contributed by atoms with Crippen molar-refractivity contribution < 1.29 is 0 Å². The molecule has 3 aromatic heterocycles. The van der Waals surface area contributed by atoms with Crippen LogP contribution in [0, 0.1) is 11.3 Å². The summed E-state index contributed by atoms with van der Waals surface area (Å²) in [5.41, 5.74) is 2.53. The van der Waals surface area contributed by atoms with Crippen LogP contribution in [0.2, 0.25) is 0 Å². The van der Waals surface area contributed by atoms with Gasteiger partial charge in [0.05, 0.1) is 12.2 Å². The van der Waals surface area contributed by atoms with E-state index in [4.69, 9.17) is 5.26 Å². The van der Waals surface area contributed by atoms with Gasteiger partial charge in [0.2, 0.25) is 0 Å². The van der Waals surface area contributed by atoms with Gasteiger partial charge < -0.3 is 8.97 Å². The third-order valence-corrected chi connectivity index (χ3v) is 2.69. The van der Waals surface area contributed by atoms with Crippen molar-refractivity contribution in [2.75, 3.05) is 0 Å². The molecule has 3 heterocycles. The predicted molar refractivity (Wildman–Crippen MR) is 63.4 cm³/mol. The molecular weight excluding hydrogens is 212 g/mol. The van der Waals surface area contributed by atoms with Gasteiger partial charge in [0.25, 0.3) is 0 Å². The van der Waals surface area contributed by atoms with Gasteiger partial charge in [-0.05, 0) is 24.3 Å². The Kier molecular flexibility index (Phi) is 2.16. The van der Waals surface area contributed by atoms with Crippen molar-refractivity contribution in [3.63, 3.8) is 0 Å². The molecule has 0 bridgehead atoms. The van der Waals surface area contributed by atoms with Gasteiger partial charge in [-0.1, -0.05) is 6.07 Å². The minimum atomic E-state index is 0.623. The minimum absolute atomic E-state index is 0.623. The molecule has 0 aliphatic carbocycles. The summed E-state index contributed by atoms with van der Waals surface area (Å²) in [5, 5.41) is 8.93. The lowest BCUT2D eigenvalue weighted by molar-refractivity contribution is 0.775. The van der Waals surface area contributed by atoms with E-state index in [9.17, 15) is 0 Å². The van der Waals surface area contributed by atoms with Crippen molar-refractivity contribution in [3.05, 3.63) is 60.3 Å². The van der Waals surface area contributed by atoms with Crippen molar-refractivity contribution in [1.29, 1.82) is 5.26 Å². The van der Waals surface area contributed by atoms with Crippen LogP contribution >= 0.6 is 0 Å². The lowest BCUT2D eigenvalue weighted by Crippen LogP contribution is -2.00. The largest absolute Gasteiger partial charge is 0.333 e. The van der Waals surface area contributed by atoms with E-state index >= 15 is 0 Å². The summed E-state index contributed by atoms with van der Waals surface area (Å²) < 4.78 is 3.87. The molecule has 3 rings (SSSR count). The zero-order chi connectivity index (χ0) is 11.7. The van der Waals surface area contributed by atoms with E-state index in [1.54, 1.807) is 6.07 Å². The van der Waals surface area contributed by atoms with Crippen LogP contribution in [0.5, 0.6) is 0 Å². The van der Waals surface area contributed by atoms with Gasteiger partial charge in [0.1, 0.15) is 17.4 Å². The molecule has 0 spiro atoms. The first-order valence-corrected chi connectivity index (χ1v) is 5.35. The van der Waals surface area contributed by atoms with Crippen molar-refractivity contribution in [1.82, 2.24) is 14.0 Å². The molecule has 0 unspecified atom stereocenters. The first-order valence-electron chi connectivity index (χ1n) is 5.35. The molecule has 0 saturated carbocycles. The maximum Gasteiger partial charge on any atom is 0.137 e. The molecule has 0 aliphatic heterocycles. The number of rotatable bonds is 2. The zero-order valence-corrected chi connectivity index (χ0v) is 9.11. The summed E-state index contributed by atoms with van der Waals surface area (Å²) in [4.78, 5) is 4.50. The summed E-state index contributed by atoms with van der Waals surface area (Å²) in [6, 6.07) is 11.7. The number of nitriles is 1. The highest BCUT2D eigenvalue weighted by atomic mass is 15.0. The molecule has 0 atom stereocenters. The number of hydrogen-bond donors (Lipinski definition) is 0. The fourth-order valence-corrected chi connectivity index (χ4v) is 1.89. The maximum absolute atomic E-state index is 8.93. The quantitative estimate of drug-likeness (QED) is 0.666. The molecule has 82 valence electrons. The molecule has 4 nitrogen and oxygen atoms in total. The van der Waals surface area contributed by atoms with Crippen LogP contribution in [0.1, 0.15) is 11.4 Å². The van der Waals surface area contributed by atoms with E-state index in [-0.39, 0.29) is 0 Å². The van der Waals surface area contributed by atoms with Crippen molar-refractivity contribution in [2.24, 2.45) is 0 Å². The van der Waals surface area contributed by atoms with Gasteiger partial charge in [-0.2, -0.15) is 5.26 Å². The second-order valence-corrected chi connectivity index (χ2v) is 3.83. The van der Waals surface area contributed by atoms with Crippen LogP contribution in [-0.4, -0.2) is 14.0 Å². The van der Waals surface area contributed by atoms with Gasteiger partial charge in [-0.3, -0.25) is 0 Å². The van der Waals surface area contributed by atoms with Gasteiger partial charge in [0, 0.05) is 18.6 Å². The lowest BCUT2D eigenvalue weighted by Gasteiger charge is -2.00. The van der Waals surface area contributed by atoms with Crippen LogP contribution in [-0.2, 0) is 6.54 Å². The van der Waals surface area contributed by atoms with E-state index in [0.29, 0.717) is 12.2 Å². The molecule has 0 saturated heterocycles. The van der Waals surface area contributed by atoms with Crippen LogP contribution in [0.15, 0.2) is 48.9 Å². The van der Waals surface area contributed by atoms with Crippen LogP contribution in [0.3, 0.4) is 0 Å². The highest BCUT2D eigenvalue weighted by Gasteiger charge is 2.04. The van der Waals surface area contributed by atoms with E-state index in [1.807, 2.05) is 51.8 Å². The van der Waals surface area contributed by atoms with Crippen LogP contribution in [0.4, 0.5) is 0 Å². The Morgan fingerprint density at radius 3 is 2.94 bits per heavy atom. The molecule has 3 aromatic rings. The summed E-state index contributed by atoms with van der Waals surface area (Å²) in [6.45, 7) is 0.623. The Labute approximate surface area is 98.4 Å². The lowest BCUT2D eigenvalue weighted by atomic mass is 10.4. The second kappa shape index (κ2) is 3.80. The number of hydrogen-bond acceptors (Lipinski definition) is 2. The van der Waals surface area contributed by atoms with Crippen LogP contribution < -0.4 is 0 Å². The number of nitrogens with zero attached hydrogens (tertiary/aromatic N) is 4. The van der Waals surface area contributed by atoms with Gasteiger partial charge in [-0.25, -0.2) is 4.98 Å². The van der Waals surface area contributed by atoms with Crippen molar-refractivity contribution >= 4 is 5.65 Å². The molecule has 0 amide bonds. The average molecular weight is 222 g/mol. The number of pyridine rings is 1. The molecule has 4 heteroatoms. The third-order valence-electron chi connectivity index (χ3n) is 2.69. The Balaban J connectivity index is 1.98. The monoisotopic (exact) mass is 222 g/mol. The Bertz CT molecular complexity index is 666. The van der Waals surface area contributed by atoms with E-state index in [1.165, 1.54) is 0 Å². The molecule has 0 radical (unpaired) electrons. The predicted octanol–water partition coefficient (Wildman–Crippen LogP) is 2.06. The van der Waals surface area contributed by atoms with Gasteiger partial charge >= 0.3 is 0 Å². The molecule has 0 fully saturated rings. The number of imidazole rings is 1. The number of aromatic nitrogens is 3. The first-order chi connectivity index (χ1) is 8.36. The SMILES string of the molecule is N#Cc1cccn1Cc1cn2ccccc2n1. The summed E-state index contributed by atoms with van der Waals surface area (Å²) in [6.07, 6.45) is 5.84. The molecule has 0 aromatic carbocycles. The van der Waals surface area contributed by atoms with Crippen molar-refractivity contribution in [3.8, 4) is 6.07 Å².